The zero-order valence-electron chi connectivity index (χ0n) is 13.2. The fourth-order valence-corrected chi connectivity index (χ4v) is 2.05. The molecule has 118 valence electrons. The van der Waals surface area contributed by atoms with Gasteiger partial charge in [0.05, 0.1) is 7.11 Å². The number of anilines is 1. The normalized spacial score (nSPS) is 11.8. The Morgan fingerprint density at radius 1 is 1.32 bits per heavy atom. The van der Waals surface area contributed by atoms with Crippen molar-refractivity contribution in [3.8, 4) is 5.75 Å². The molecule has 1 unspecified atom stereocenters. The number of nitrogens with zero attached hydrogens (tertiary/aromatic N) is 2. The molecule has 0 aliphatic rings. The molecule has 0 saturated carbocycles. The van der Waals surface area contributed by atoms with Crippen LogP contribution in [0.25, 0.3) is 0 Å². The lowest BCUT2D eigenvalue weighted by atomic mass is 10.1. The summed E-state index contributed by atoms with van der Waals surface area (Å²) in [6.45, 7) is 2.41. The molecular weight excluding hydrogens is 280 g/mol. The average molecular weight is 302 g/mol. The standard InChI is InChI=1S/C16H22N4O2/c1-12(18-15-9-11-20(2)19-15)16(21)17-10-8-13-4-6-14(22-3)7-5-13/h4-7,9,11-12H,8,10H2,1-3H3,(H,17,21)(H,18,19). The predicted octanol–water partition coefficient (Wildman–Crippen LogP) is 1.59. The zero-order chi connectivity index (χ0) is 15.9. The van der Waals surface area contributed by atoms with Gasteiger partial charge in [-0.2, -0.15) is 5.10 Å². The second-order valence-electron chi connectivity index (χ2n) is 5.13. The summed E-state index contributed by atoms with van der Waals surface area (Å²) >= 11 is 0. The Labute approximate surface area is 130 Å². The first-order chi connectivity index (χ1) is 10.6. The summed E-state index contributed by atoms with van der Waals surface area (Å²) in [5, 5.41) is 10.2. The lowest BCUT2D eigenvalue weighted by molar-refractivity contribution is -0.121. The fraction of sp³-hybridized carbons (Fsp3) is 0.375. The lowest BCUT2D eigenvalue weighted by Gasteiger charge is -2.13. The molecule has 1 atom stereocenters. The van der Waals surface area contributed by atoms with Gasteiger partial charge >= 0.3 is 0 Å². The minimum Gasteiger partial charge on any atom is -0.497 e. The van der Waals surface area contributed by atoms with Crippen molar-refractivity contribution >= 4 is 11.7 Å². The number of benzene rings is 1. The van der Waals surface area contributed by atoms with Crippen molar-refractivity contribution in [2.75, 3.05) is 19.0 Å². The molecule has 2 aromatic rings. The van der Waals surface area contributed by atoms with Crippen LogP contribution < -0.4 is 15.4 Å². The highest BCUT2D eigenvalue weighted by atomic mass is 16.5. The Balaban J connectivity index is 1.74. The topological polar surface area (TPSA) is 68.2 Å². The Morgan fingerprint density at radius 2 is 2.05 bits per heavy atom. The fourth-order valence-electron chi connectivity index (χ4n) is 2.05. The molecule has 0 saturated heterocycles. The maximum Gasteiger partial charge on any atom is 0.242 e. The van der Waals surface area contributed by atoms with Gasteiger partial charge in [-0.15, -0.1) is 0 Å². The number of hydrogen-bond acceptors (Lipinski definition) is 4. The SMILES string of the molecule is COc1ccc(CCNC(=O)C(C)Nc2ccn(C)n2)cc1. The molecule has 0 aliphatic carbocycles. The van der Waals surface area contributed by atoms with E-state index in [-0.39, 0.29) is 11.9 Å². The number of rotatable bonds is 7. The number of carbonyl (C=O) groups excluding carboxylic acids is 1. The molecule has 6 nitrogen and oxygen atoms in total. The third-order valence-corrected chi connectivity index (χ3v) is 3.34. The molecule has 0 spiro atoms. The minimum atomic E-state index is -0.328. The molecule has 2 rings (SSSR count). The molecule has 1 aromatic carbocycles. The molecular formula is C16H22N4O2. The molecule has 0 aliphatic heterocycles. The third kappa shape index (κ3) is 4.51. The van der Waals surface area contributed by atoms with Crippen LogP contribution >= 0.6 is 0 Å². The van der Waals surface area contributed by atoms with Crippen LogP contribution in [0.3, 0.4) is 0 Å². The van der Waals surface area contributed by atoms with Crippen LogP contribution in [-0.4, -0.2) is 35.4 Å². The Morgan fingerprint density at radius 3 is 2.64 bits per heavy atom. The van der Waals surface area contributed by atoms with Gasteiger partial charge in [-0.05, 0) is 31.0 Å². The number of nitrogens with one attached hydrogen (secondary N) is 2. The van der Waals surface area contributed by atoms with Gasteiger partial charge in [0.1, 0.15) is 17.6 Å². The van der Waals surface area contributed by atoms with Gasteiger partial charge < -0.3 is 15.4 Å². The first kappa shape index (κ1) is 15.9. The van der Waals surface area contributed by atoms with E-state index in [4.69, 9.17) is 4.74 Å². The van der Waals surface area contributed by atoms with Crippen LogP contribution in [0.1, 0.15) is 12.5 Å². The van der Waals surface area contributed by atoms with E-state index in [1.165, 1.54) is 0 Å². The summed E-state index contributed by atoms with van der Waals surface area (Å²) in [6.07, 6.45) is 2.61. The van der Waals surface area contributed by atoms with E-state index in [0.29, 0.717) is 12.4 Å². The van der Waals surface area contributed by atoms with E-state index in [0.717, 1.165) is 17.7 Å². The monoisotopic (exact) mass is 302 g/mol. The maximum absolute atomic E-state index is 12.0. The van der Waals surface area contributed by atoms with Crippen molar-refractivity contribution in [1.29, 1.82) is 0 Å². The van der Waals surface area contributed by atoms with E-state index in [1.54, 1.807) is 11.8 Å². The number of methoxy groups -OCH3 is 1. The lowest BCUT2D eigenvalue weighted by Crippen LogP contribution is -2.38. The third-order valence-electron chi connectivity index (χ3n) is 3.34. The number of aryl methyl sites for hydroxylation is 1. The molecule has 1 heterocycles. The molecule has 22 heavy (non-hydrogen) atoms. The zero-order valence-corrected chi connectivity index (χ0v) is 13.2. The van der Waals surface area contributed by atoms with E-state index in [9.17, 15) is 4.79 Å². The van der Waals surface area contributed by atoms with Gasteiger partial charge in [-0.3, -0.25) is 9.48 Å². The summed E-state index contributed by atoms with van der Waals surface area (Å²) in [5.41, 5.74) is 1.16. The van der Waals surface area contributed by atoms with Crippen LogP contribution in [0.5, 0.6) is 5.75 Å². The molecule has 0 bridgehead atoms. The maximum atomic E-state index is 12.0. The molecule has 6 heteroatoms. The van der Waals surface area contributed by atoms with Crippen LogP contribution in [0, 0.1) is 0 Å². The van der Waals surface area contributed by atoms with Gasteiger partial charge in [0.15, 0.2) is 0 Å². The van der Waals surface area contributed by atoms with E-state index in [1.807, 2.05) is 50.5 Å². The average Bonchev–Trinajstić information content (AvgIpc) is 2.93. The number of ether oxygens (including phenoxy) is 1. The molecule has 1 amide bonds. The van der Waals surface area contributed by atoms with Crippen molar-refractivity contribution in [3.05, 3.63) is 42.1 Å². The van der Waals surface area contributed by atoms with Gasteiger partial charge in [0, 0.05) is 25.9 Å². The van der Waals surface area contributed by atoms with Gasteiger partial charge in [0.25, 0.3) is 0 Å². The number of carbonyl (C=O) groups is 1. The molecule has 0 radical (unpaired) electrons. The number of aromatic nitrogens is 2. The van der Waals surface area contributed by atoms with Crippen molar-refractivity contribution in [2.24, 2.45) is 7.05 Å². The van der Waals surface area contributed by atoms with E-state index >= 15 is 0 Å². The second-order valence-corrected chi connectivity index (χ2v) is 5.13. The summed E-state index contributed by atoms with van der Waals surface area (Å²) in [4.78, 5) is 12.0. The molecule has 2 N–H and O–H groups in total. The smallest absolute Gasteiger partial charge is 0.242 e. The number of amides is 1. The van der Waals surface area contributed by atoms with Gasteiger partial charge in [-0.1, -0.05) is 12.1 Å². The number of hydrogen-bond donors (Lipinski definition) is 2. The Bertz CT molecular complexity index is 607. The van der Waals surface area contributed by atoms with Crippen molar-refractivity contribution in [1.82, 2.24) is 15.1 Å². The first-order valence-electron chi connectivity index (χ1n) is 7.25. The quantitative estimate of drug-likeness (QED) is 0.815. The Hall–Kier alpha value is -2.50. The van der Waals surface area contributed by atoms with Crippen molar-refractivity contribution in [2.45, 2.75) is 19.4 Å². The minimum absolute atomic E-state index is 0.0424. The van der Waals surface area contributed by atoms with Crippen molar-refractivity contribution < 1.29 is 9.53 Å². The first-order valence-corrected chi connectivity index (χ1v) is 7.25. The predicted molar refractivity (Wildman–Crippen MR) is 86.0 cm³/mol. The van der Waals surface area contributed by atoms with E-state index in [2.05, 4.69) is 15.7 Å². The highest BCUT2D eigenvalue weighted by Crippen LogP contribution is 2.11. The Kier molecular flexibility index (Phi) is 5.41. The molecule has 1 aromatic heterocycles. The summed E-state index contributed by atoms with van der Waals surface area (Å²) < 4.78 is 6.81. The van der Waals surface area contributed by atoms with Gasteiger partial charge in [-0.25, -0.2) is 0 Å². The van der Waals surface area contributed by atoms with Crippen LogP contribution in [0.15, 0.2) is 36.5 Å². The second kappa shape index (κ2) is 7.49. The van der Waals surface area contributed by atoms with Crippen LogP contribution in [0.2, 0.25) is 0 Å². The van der Waals surface area contributed by atoms with Gasteiger partial charge in [0.2, 0.25) is 5.91 Å². The molecule has 0 fully saturated rings. The highest BCUT2D eigenvalue weighted by Gasteiger charge is 2.12. The van der Waals surface area contributed by atoms with Crippen molar-refractivity contribution in [3.63, 3.8) is 0 Å². The van der Waals surface area contributed by atoms with E-state index < -0.39 is 0 Å². The summed E-state index contributed by atoms with van der Waals surface area (Å²) in [5.74, 6) is 1.49. The largest absolute Gasteiger partial charge is 0.497 e. The summed E-state index contributed by atoms with van der Waals surface area (Å²) in [7, 11) is 3.48. The van der Waals surface area contributed by atoms with Crippen LogP contribution in [0.4, 0.5) is 5.82 Å². The highest BCUT2D eigenvalue weighted by molar-refractivity contribution is 5.83. The summed E-state index contributed by atoms with van der Waals surface area (Å²) in [6, 6.07) is 9.35. The van der Waals surface area contributed by atoms with Crippen LogP contribution in [-0.2, 0) is 18.3 Å².